The van der Waals surface area contributed by atoms with Crippen LogP contribution in [0.25, 0.3) is 0 Å². The molecular weight excluding hydrogens is 342 g/mol. The summed E-state index contributed by atoms with van der Waals surface area (Å²) >= 11 is 2.99. The van der Waals surface area contributed by atoms with E-state index >= 15 is 0 Å². The van der Waals surface area contributed by atoms with Crippen molar-refractivity contribution in [2.75, 3.05) is 5.32 Å². The van der Waals surface area contributed by atoms with Crippen molar-refractivity contribution >= 4 is 27.5 Å². The number of benzene rings is 2. The normalized spacial score (nSPS) is 10.0. The summed E-state index contributed by atoms with van der Waals surface area (Å²) in [5.41, 5.74) is 0.577. The molecule has 0 aliphatic rings. The molecule has 0 aliphatic heterocycles. The summed E-state index contributed by atoms with van der Waals surface area (Å²) in [7, 11) is 0. The van der Waals surface area contributed by atoms with Gasteiger partial charge >= 0.3 is 0 Å². The van der Waals surface area contributed by atoms with E-state index in [4.69, 9.17) is 5.26 Å². The van der Waals surface area contributed by atoms with Gasteiger partial charge in [-0.15, -0.1) is 0 Å². The highest BCUT2D eigenvalue weighted by Crippen LogP contribution is 2.22. The Hall–Kier alpha value is -2.26. The first-order valence-electron chi connectivity index (χ1n) is 5.89. The van der Waals surface area contributed by atoms with E-state index in [1.807, 2.05) is 6.07 Å². The first-order chi connectivity index (χ1) is 9.92. The predicted octanol–water partition coefficient (Wildman–Crippen LogP) is 4.16. The van der Waals surface area contributed by atoms with Crippen LogP contribution in [0.3, 0.4) is 0 Å². The smallest absolute Gasteiger partial charge is 0.255 e. The van der Waals surface area contributed by atoms with Crippen LogP contribution in [-0.4, -0.2) is 5.91 Å². The summed E-state index contributed by atoms with van der Waals surface area (Å²) in [6, 6.07) is 8.17. The van der Waals surface area contributed by atoms with E-state index in [0.717, 1.165) is 12.1 Å². The van der Waals surface area contributed by atoms with E-state index in [-0.39, 0.29) is 26.9 Å². The van der Waals surface area contributed by atoms with Crippen molar-refractivity contribution in [3.05, 3.63) is 63.1 Å². The van der Waals surface area contributed by atoms with Crippen LogP contribution in [0.5, 0.6) is 0 Å². The van der Waals surface area contributed by atoms with Gasteiger partial charge in [0.2, 0.25) is 0 Å². The maximum absolute atomic E-state index is 13.6. The summed E-state index contributed by atoms with van der Waals surface area (Å²) < 4.78 is 27.3. The van der Waals surface area contributed by atoms with E-state index in [9.17, 15) is 13.6 Å². The highest BCUT2D eigenvalue weighted by Gasteiger charge is 2.13. The molecule has 106 valence electrons. The van der Waals surface area contributed by atoms with Crippen LogP contribution in [-0.2, 0) is 0 Å². The molecule has 0 atom stereocenters. The summed E-state index contributed by atoms with van der Waals surface area (Å²) in [6.45, 7) is 1.48. The Kier molecular flexibility index (Phi) is 4.34. The van der Waals surface area contributed by atoms with Gasteiger partial charge < -0.3 is 5.32 Å². The van der Waals surface area contributed by atoms with Gasteiger partial charge in [0, 0.05) is 16.8 Å². The molecule has 0 spiro atoms. The Morgan fingerprint density at radius 1 is 1.24 bits per heavy atom. The molecule has 2 aromatic carbocycles. The molecule has 0 aromatic heterocycles. The number of anilines is 1. The van der Waals surface area contributed by atoms with E-state index in [1.54, 1.807) is 0 Å². The highest BCUT2D eigenvalue weighted by atomic mass is 79.9. The van der Waals surface area contributed by atoms with Crippen LogP contribution in [0.15, 0.2) is 34.8 Å². The second-order valence-electron chi connectivity index (χ2n) is 4.33. The zero-order valence-electron chi connectivity index (χ0n) is 10.9. The fourth-order valence-corrected chi connectivity index (χ4v) is 1.95. The SMILES string of the molecule is Cc1c(F)cc(C#N)cc1NC(=O)c1ccc(Br)c(F)c1. The Labute approximate surface area is 128 Å². The minimum Gasteiger partial charge on any atom is -0.322 e. The molecule has 6 heteroatoms. The van der Waals surface area contributed by atoms with E-state index < -0.39 is 17.5 Å². The van der Waals surface area contributed by atoms with Gasteiger partial charge in [0.1, 0.15) is 11.6 Å². The maximum atomic E-state index is 13.6. The number of nitriles is 1. The number of nitrogens with zero attached hydrogens (tertiary/aromatic N) is 1. The van der Waals surface area contributed by atoms with Crippen LogP contribution >= 0.6 is 15.9 Å². The molecule has 21 heavy (non-hydrogen) atoms. The van der Waals surface area contributed by atoms with Crippen molar-refractivity contribution in [3.63, 3.8) is 0 Å². The molecule has 2 aromatic rings. The minimum absolute atomic E-state index is 0.0930. The fraction of sp³-hybridized carbons (Fsp3) is 0.0667. The monoisotopic (exact) mass is 350 g/mol. The molecule has 0 unspecified atom stereocenters. The molecule has 0 bridgehead atoms. The molecule has 0 aliphatic carbocycles. The molecule has 2 rings (SSSR count). The largest absolute Gasteiger partial charge is 0.322 e. The van der Waals surface area contributed by atoms with E-state index in [0.29, 0.717) is 0 Å². The molecule has 3 nitrogen and oxygen atoms in total. The number of halogens is 3. The second-order valence-corrected chi connectivity index (χ2v) is 5.18. The fourth-order valence-electron chi connectivity index (χ4n) is 1.71. The number of carbonyl (C=O) groups is 1. The Bertz CT molecular complexity index is 769. The first-order valence-corrected chi connectivity index (χ1v) is 6.68. The second kappa shape index (κ2) is 6.02. The molecule has 1 N–H and O–H groups in total. The van der Waals surface area contributed by atoms with Crippen molar-refractivity contribution in [2.45, 2.75) is 6.92 Å². The summed E-state index contributed by atoms with van der Waals surface area (Å²) in [4.78, 5) is 12.0. The van der Waals surface area contributed by atoms with Crippen molar-refractivity contribution < 1.29 is 13.6 Å². The zero-order chi connectivity index (χ0) is 15.6. The van der Waals surface area contributed by atoms with Gasteiger partial charge in [-0.3, -0.25) is 4.79 Å². The lowest BCUT2D eigenvalue weighted by atomic mass is 10.1. The lowest BCUT2D eigenvalue weighted by Crippen LogP contribution is -2.13. The van der Waals surface area contributed by atoms with Crippen molar-refractivity contribution in [3.8, 4) is 6.07 Å². The molecule has 0 heterocycles. The van der Waals surface area contributed by atoms with Gasteiger partial charge in [0.25, 0.3) is 5.91 Å². The van der Waals surface area contributed by atoms with Gasteiger partial charge in [-0.2, -0.15) is 5.26 Å². The zero-order valence-corrected chi connectivity index (χ0v) is 12.5. The summed E-state index contributed by atoms with van der Waals surface area (Å²) in [5, 5.41) is 11.3. The Morgan fingerprint density at radius 3 is 2.57 bits per heavy atom. The average molecular weight is 351 g/mol. The molecule has 1 amide bonds. The molecule has 0 saturated heterocycles. The molecular formula is C15H9BrF2N2O. The van der Waals surface area contributed by atoms with E-state index in [2.05, 4.69) is 21.2 Å². The predicted molar refractivity (Wildman–Crippen MR) is 77.9 cm³/mol. The van der Waals surface area contributed by atoms with Crippen molar-refractivity contribution in [1.82, 2.24) is 0 Å². The standard InChI is InChI=1S/C15H9BrF2N2O/c1-8-12(17)4-9(7-19)5-14(8)20-15(21)10-2-3-11(16)13(18)6-10/h2-6H,1H3,(H,20,21). The number of nitrogens with one attached hydrogen (secondary N) is 1. The number of hydrogen-bond acceptors (Lipinski definition) is 2. The third kappa shape index (κ3) is 3.26. The first kappa shape index (κ1) is 15.1. The average Bonchev–Trinajstić information content (AvgIpc) is 2.46. The van der Waals surface area contributed by atoms with Gasteiger partial charge in [0.15, 0.2) is 0 Å². The number of carbonyl (C=O) groups excluding carboxylic acids is 1. The van der Waals surface area contributed by atoms with Crippen LogP contribution in [0.4, 0.5) is 14.5 Å². The lowest BCUT2D eigenvalue weighted by molar-refractivity contribution is 0.102. The van der Waals surface area contributed by atoms with Crippen LogP contribution < -0.4 is 5.32 Å². The third-order valence-electron chi connectivity index (χ3n) is 2.90. The quantitative estimate of drug-likeness (QED) is 0.883. The van der Waals surface area contributed by atoms with Crippen molar-refractivity contribution in [2.24, 2.45) is 0 Å². The van der Waals surface area contributed by atoms with Gasteiger partial charge in [-0.05, 0) is 53.2 Å². The molecule has 0 fully saturated rings. The number of hydrogen-bond donors (Lipinski definition) is 1. The van der Waals surface area contributed by atoms with Crippen molar-refractivity contribution in [1.29, 1.82) is 5.26 Å². The molecule has 0 saturated carbocycles. The van der Waals surface area contributed by atoms with Crippen LogP contribution in [0, 0.1) is 29.9 Å². The summed E-state index contributed by atoms with van der Waals surface area (Å²) in [6.07, 6.45) is 0. The number of rotatable bonds is 2. The Balaban J connectivity index is 2.33. The molecule has 0 radical (unpaired) electrons. The maximum Gasteiger partial charge on any atom is 0.255 e. The number of amides is 1. The topological polar surface area (TPSA) is 52.9 Å². The van der Waals surface area contributed by atoms with Gasteiger partial charge in [-0.25, -0.2) is 8.78 Å². The lowest BCUT2D eigenvalue weighted by Gasteiger charge is -2.10. The van der Waals surface area contributed by atoms with Crippen LogP contribution in [0.2, 0.25) is 0 Å². The Morgan fingerprint density at radius 2 is 1.95 bits per heavy atom. The minimum atomic E-state index is -0.591. The van der Waals surface area contributed by atoms with Crippen LogP contribution in [0.1, 0.15) is 21.5 Å². The van der Waals surface area contributed by atoms with E-state index in [1.165, 1.54) is 25.1 Å². The summed E-state index contributed by atoms with van der Waals surface area (Å²) in [5.74, 6) is -1.75. The third-order valence-corrected chi connectivity index (χ3v) is 3.55. The van der Waals surface area contributed by atoms with Gasteiger partial charge in [0.05, 0.1) is 16.1 Å². The highest BCUT2D eigenvalue weighted by molar-refractivity contribution is 9.10. The van der Waals surface area contributed by atoms with Gasteiger partial charge in [-0.1, -0.05) is 0 Å².